The van der Waals surface area contributed by atoms with Crippen LogP contribution >= 0.6 is 0 Å². The molecule has 0 atom stereocenters. The molecule has 5 heteroatoms. The van der Waals surface area contributed by atoms with E-state index in [0.29, 0.717) is 11.1 Å². The fraction of sp³-hybridized carbons (Fsp3) is 0. The molecule has 0 spiro atoms. The predicted octanol–water partition coefficient (Wildman–Crippen LogP) is 12.4. The predicted molar refractivity (Wildman–Crippen MR) is 224 cm³/mol. The van der Waals surface area contributed by atoms with Gasteiger partial charge >= 0.3 is 0 Å². The van der Waals surface area contributed by atoms with Gasteiger partial charge in [-0.15, -0.1) is 0 Å². The van der Waals surface area contributed by atoms with Crippen molar-refractivity contribution in [3.63, 3.8) is 0 Å². The van der Waals surface area contributed by atoms with Crippen molar-refractivity contribution in [3.8, 4) is 40.3 Å². The van der Waals surface area contributed by atoms with Crippen LogP contribution in [0.1, 0.15) is 11.1 Å². The van der Waals surface area contributed by atoms with E-state index < -0.39 is 0 Å². The van der Waals surface area contributed by atoms with Gasteiger partial charge < -0.3 is 13.7 Å². The first-order valence-electron chi connectivity index (χ1n) is 18.3. The summed E-state index contributed by atoms with van der Waals surface area (Å²) in [5.41, 5.74) is 12.6. The fourth-order valence-corrected chi connectivity index (χ4v) is 8.83. The highest BCUT2D eigenvalue weighted by atomic mass is 15.0. The highest BCUT2D eigenvalue weighted by molar-refractivity contribution is 6.16. The Balaban J connectivity index is 1.14. The van der Waals surface area contributed by atoms with Gasteiger partial charge in [0.05, 0.1) is 62.1 Å². The minimum Gasteiger partial charge on any atom is -0.309 e. The van der Waals surface area contributed by atoms with Crippen LogP contribution in [-0.2, 0) is 0 Å². The van der Waals surface area contributed by atoms with Crippen molar-refractivity contribution in [2.45, 2.75) is 0 Å². The molecule has 0 fully saturated rings. The molecule has 8 aromatic carbocycles. The van der Waals surface area contributed by atoms with Gasteiger partial charge in [-0.05, 0) is 90.0 Å². The Morgan fingerprint density at radius 2 is 0.855 bits per heavy atom. The molecule has 3 heterocycles. The second-order valence-electron chi connectivity index (χ2n) is 14.0. The van der Waals surface area contributed by atoms with Gasteiger partial charge in [-0.25, -0.2) is 0 Å². The third kappa shape index (κ3) is 4.45. The van der Waals surface area contributed by atoms with Gasteiger partial charge in [0.2, 0.25) is 0 Å². The van der Waals surface area contributed by atoms with Crippen molar-refractivity contribution in [1.82, 2.24) is 13.7 Å². The minimum atomic E-state index is 0.581. The molecule has 55 heavy (non-hydrogen) atoms. The zero-order chi connectivity index (χ0) is 36.6. The number of benzene rings is 8. The quantitative estimate of drug-likeness (QED) is 0.184. The number of hydrogen-bond donors (Lipinski definition) is 0. The average Bonchev–Trinajstić information content (AvgIpc) is 3.89. The van der Waals surface area contributed by atoms with E-state index in [4.69, 9.17) is 0 Å². The van der Waals surface area contributed by atoms with Gasteiger partial charge in [0.1, 0.15) is 0 Å². The maximum atomic E-state index is 10.4. The molecule has 0 aliphatic heterocycles. The zero-order valence-electron chi connectivity index (χ0n) is 29.5. The average molecular weight is 700 g/mol. The highest BCUT2D eigenvalue weighted by Gasteiger charge is 2.21. The second-order valence-corrected chi connectivity index (χ2v) is 14.0. The van der Waals surface area contributed by atoms with E-state index in [1.54, 1.807) is 0 Å². The Morgan fingerprint density at radius 3 is 1.51 bits per heavy atom. The Morgan fingerprint density at radius 1 is 0.345 bits per heavy atom. The van der Waals surface area contributed by atoms with Gasteiger partial charge in [0.25, 0.3) is 0 Å². The number of aromatic nitrogens is 3. The van der Waals surface area contributed by atoms with E-state index in [0.717, 1.165) is 82.8 Å². The molecular weight excluding hydrogens is 671 g/mol. The van der Waals surface area contributed by atoms with Crippen molar-refractivity contribution in [1.29, 1.82) is 10.5 Å². The van der Waals surface area contributed by atoms with Gasteiger partial charge in [-0.3, -0.25) is 0 Å². The largest absolute Gasteiger partial charge is 0.309 e. The third-order valence-corrected chi connectivity index (χ3v) is 11.1. The zero-order valence-corrected chi connectivity index (χ0v) is 29.5. The van der Waals surface area contributed by atoms with Crippen LogP contribution in [0.3, 0.4) is 0 Å². The molecule has 0 saturated heterocycles. The summed E-state index contributed by atoms with van der Waals surface area (Å²) in [5.74, 6) is 0. The molecule has 0 bridgehead atoms. The van der Waals surface area contributed by atoms with Gasteiger partial charge in [0, 0.05) is 43.7 Å². The smallest absolute Gasteiger partial charge is 0.0998 e. The standard InChI is InChI=1S/C50H29N5/c51-30-32-26-35(33-12-9-14-36(28-33)53-44-21-7-3-17-40(44)49-34(31-52)13-10-23-46(49)53)29-37(27-32)54-45-22-8-4-18-41(45)50-47(54)24-11-25-48(50)55-42-19-5-1-15-38(42)39-16-2-6-20-43(39)55/h1-29H. The normalized spacial score (nSPS) is 11.6. The molecule has 0 radical (unpaired) electrons. The maximum absolute atomic E-state index is 10.4. The molecule has 11 aromatic rings. The number of nitrogens with zero attached hydrogens (tertiary/aromatic N) is 5. The molecule has 11 rings (SSSR count). The van der Waals surface area contributed by atoms with E-state index >= 15 is 0 Å². The summed E-state index contributed by atoms with van der Waals surface area (Å²) < 4.78 is 6.92. The van der Waals surface area contributed by atoms with E-state index in [1.165, 1.54) is 10.8 Å². The molecule has 0 aliphatic rings. The molecular formula is C50H29N5. The summed E-state index contributed by atoms with van der Waals surface area (Å²) in [6.07, 6.45) is 0. The van der Waals surface area contributed by atoms with Gasteiger partial charge in [0.15, 0.2) is 0 Å². The summed E-state index contributed by atoms with van der Waals surface area (Å²) in [4.78, 5) is 0. The Labute approximate surface area is 316 Å². The Kier molecular flexibility index (Phi) is 6.61. The van der Waals surface area contributed by atoms with Crippen LogP contribution in [0.5, 0.6) is 0 Å². The fourth-order valence-electron chi connectivity index (χ4n) is 8.83. The van der Waals surface area contributed by atoms with Crippen LogP contribution < -0.4 is 0 Å². The summed E-state index contributed by atoms with van der Waals surface area (Å²) in [7, 11) is 0. The maximum Gasteiger partial charge on any atom is 0.0998 e. The van der Waals surface area contributed by atoms with Crippen LogP contribution in [0.4, 0.5) is 0 Å². The van der Waals surface area contributed by atoms with E-state index in [1.807, 2.05) is 36.4 Å². The van der Waals surface area contributed by atoms with Crippen LogP contribution in [-0.4, -0.2) is 13.7 Å². The molecule has 0 unspecified atom stereocenters. The summed E-state index contributed by atoms with van der Waals surface area (Å²) in [6.45, 7) is 0. The molecule has 0 N–H and O–H groups in total. The van der Waals surface area contributed by atoms with E-state index in [2.05, 4.69) is 165 Å². The van der Waals surface area contributed by atoms with Crippen molar-refractivity contribution >= 4 is 65.4 Å². The van der Waals surface area contributed by atoms with Crippen molar-refractivity contribution in [2.24, 2.45) is 0 Å². The van der Waals surface area contributed by atoms with Crippen LogP contribution in [0, 0.1) is 22.7 Å². The van der Waals surface area contributed by atoms with E-state index in [-0.39, 0.29) is 0 Å². The van der Waals surface area contributed by atoms with Gasteiger partial charge in [-0.1, -0.05) is 97.1 Å². The first-order chi connectivity index (χ1) is 27.2. The van der Waals surface area contributed by atoms with Crippen LogP contribution in [0.15, 0.2) is 176 Å². The topological polar surface area (TPSA) is 62.4 Å². The summed E-state index contributed by atoms with van der Waals surface area (Å²) in [6, 6.07) is 65.9. The third-order valence-electron chi connectivity index (χ3n) is 11.1. The highest BCUT2D eigenvalue weighted by Crippen LogP contribution is 2.41. The lowest BCUT2D eigenvalue weighted by Crippen LogP contribution is -1.98. The van der Waals surface area contributed by atoms with Crippen LogP contribution in [0.2, 0.25) is 0 Å². The molecule has 254 valence electrons. The number of rotatable bonds is 4. The monoisotopic (exact) mass is 699 g/mol. The Bertz CT molecular complexity index is 3420. The molecule has 0 aliphatic carbocycles. The molecule has 0 amide bonds. The molecule has 0 saturated carbocycles. The number of hydrogen-bond acceptors (Lipinski definition) is 2. The lowest BCUT2D eigenvalue weighted by Gasteiger charge is -2.14. The Hall–Kier alpha value is -7.86. The van der Waals surface area contributed by atoms with Crippen LogP contribution in [0.25, 0.3) is 93.6 Å². The lowest BCUT2D eigenvalue weighted by atomic mass is 10.0. The van der Waals surface area contributed by atoms with Crippen molar-refractivity contribution in [3.05, 3.63) is 187 Å². The summed E-state index contributed by atoms with van der Waals surface area (Å²) in [5, 5.41) is 27.2. The SMILES string of the molecule is N#Cc1cc(-c2cccc(-n3c4ccccc4c4c(C#N)cccc43)c2)cc(-n2c3ccccc3c3c(-n4c5ccccc5c5ccccc54)cccc32)c1. The molecule has 5 nitrogen and oxygen atoms in total. The number of fused-ring (bicyclic) bond motifs is 9. The van der Waals surface area contributed by atoms with Crippen molar-refractivity contribution < 1.29 is 0 Å². The van der Waals surface area contributed by atoms with E-state index in [9.17, 15) is 10.5 Å². The number of nitriles is 2. The summed E-state index contributed by atoms with van der Waals surface area (Å²) >= 11 is 0. The first-order valence-corrected chi connectivity index (χ1v) is 18.3. The van der Waals surface area contributed by atoms with Gasteiger partial charge in [-0.2, -0.15) is 10.5 Å². The molecule has 3 aromatic heterocycles. The second kappa shape index (κ2) is 11.8. The first kappa shape index (κ1) is 30.7. The number of para-hydroxylation sites is 4. The minimum absolute atomic E-state index is 0.581. The van der Waals surface area contributed by atoms with Crippen molar-refractivity contribution in [2.75, 3.05) is 0 Å². The lowest BCUT2D eigenvalue weighted by molar-refractivity contribution is 1.16.